The second kappa shape index (κ2) is 11.1. The molecular weight excluding hydrogens is 319 g/mol. The van der Waals surface area contributed by atoms with Gasteiger partial charge >= 0.3 is 0 Å². The van der Waals surface area contributed by atoms with Crippen molar-refractivity contribution in [2.75, 3.05) is 6.61 Å². The van der Waals surface area contributed by atoms with E-state index in [0.717, 1.165) is 24.3 Å². The first kappa shape index (κ1) is 17.5. The first-order valence-corrected chi connectivity index (χ1v) is 8.87. The number of hydrogen-bond acceptors (Lipinski definition) is 1. The third-order valence-corrected chi connectivity index (χ3v) is 4.03. The molecule has 0 heterocycles. The van der Waals surface area contributed by atoms with Crippen molar-refractivity contribution < 1.29 is 9.13 Å². The highest BCUT2D eigenvalue weighted by atomic mass is 79.9. The fourth-order valence-corrected chi connectivity index (χ4v) is 2.65. The lowest BCUT2D eigenvalue weighted by molar-refractivity contribution is 0.301. The van der Waals surface area contributed by atoms with Gasteiger partial charge in [0.05, 0.1) is 6.61 Å². The number of benzene rings is 1. The van der Waals surface area contributed by atoms with Gasteiger partial charge in [0.2, 0.25) is 0 Å². The van der Waals surface area contributed by atoms with Crippen molar-refractivity contribution in [2.24, 2.45) is 0 Å². The fourth-order valence-electron chi connectivity index (χ4n) is 2.21. The van der Waals surface area contributed by atoms with E-state index < -0.39 is 0 Å². The summed E-state index contributed by atoms with van der Waals surface area (Å²) in [6.45, 7) is 2.97. The zero-order valence-corrected chi connectivity index (χ0v) is 14.1. The Bertz CT molecular complexity index is 368. The lowest BCUT2D eigenvalue weighted by Gasteiger charge is -2.10. The molecule has 0 bridgehead atoms. The maximum Gasteiger partial charge on any atom is 0.123 e. The molecule has 0 saturated heterocycles. The SMILES string of the molecule is CCCCCCCCCCOc1ccc(F)cc1CBr. The lowest BCUT2D eigenvalue weighted by Crippen LogP contribution is -2.00. The Morgan fingerprint density at radius 2 is 1.65 bits per heavy atom. The topological polar surface area (TPSA) is 9.23 Å². The van der Waals surface area contributed by atoms with Gasteiger partial charge in [-0.3, -0.25) is 0 Å². The van der Waals surface area contributed by atoms with Crippen molar-refractivity contribution in [1.29, 1.82) is 0 Å². The predicted octanol–water partition coefficient (Wildman–Crippen LogP) is 6.24. The third kappa shape index (κ3) is 7.28. The van der Waals surface area contributed by atoms with Crippen LogP contribution in [0.15, 0.2) is 18.2 Å². The molecule has 0 aromatic heterocycles. The summed E-state index contributed by atoms with van der Waals surface area (Å²) in [6, 6.07) is 4.70. The van der Waals surface area contributed by atoms with Crippen LogP contribution in [0.1, 0.15) is 63.9 Å². The molecule has 1 aromatic rings. The molecule has 0 saturated carbocycles. The van der Waals surface area contributed by atoms with Crippen molar-refractivity contribution in [2.45, 2.75) is 63.6 Å². The van der Waals surface area contributed by atoms with Crippen LogP contribution in [0.3, 0.4) is 0 Å². The van der Waals surface area contributed by atoms with Crippen LogP contribution >= 0.6 is 15.9 Å². The normalized spacial score (nSPS) is 10.8. The smallest absolute Gasteiger partial charge is 0.123 e. The average molecular weight is 345 g/mol. The Morgan fingerprint density at radius 1 is 1.00 bits per heavy atom. The molecule has 0 fully saturated rings. The van der Waals surface area contributed by atoms with E-state index in [9.17, 15) is 4.39 Å². The van der Waals surface area contributed by atoms with Crippen LogP contribution in [0.25, 0.3) is 0 Å². The molecule has 0 aliphatic rings. The first-order valence-electron chi connectivity index (χ1n) is 7.75. The van der Waals surface area contributed by atoms with E-state index in [1.807, 2.05) is 0 Å². The molecule has 0 aliphatic heterocycles. The highest BCUT2D eigenvalue weighted by Gasteiger charge is 2.04. The van der Waals surface area contributed by atoms with Gasteiger partial charge < -0.3 is 4.74 Å². The van der Waals surface area contributed by atoms with E-state index in [-0.39, 0.29) is 5.82 Å². The van der Waals surface area contributed by atoms with Gasteiger partial charge in [-0.1, -0.05) is 67.8 Å². The number of halogens is 2. The molecule has 0 amide bonds. The minimum absolute atomic E-state index is 0.209. The van der Waals surface area contributed by atoms with Crippen LogP contribution in [0.4, 0.5) is 4.39 Å². The quantitative estimate of drug-likeness (QED) is 0.341. The van der Waals surface area contributed by atoms with Crippen molar-refractivity contribution in [3.05, 3.63) is 29.6 Å². The van der Waals surface area contributed by atoms with Gasteiger partial charge in [-0.15, -0.1) is 0 Å². The Balaban J connectivity index is 2.09. The van der Waals surface area contributed by atoms with Crippen molar-refractivity contribution in [3.8, 4) is 5.75 Å². The molecule has 0 atom stereocenters. The van der Waals surface area contributed by atoms with Gasteiger partial charge in [-0.25, -0.2) is 4.39 Å². The summed E-state index contributed by atoms with van der Waals surface area (Å²) in [7, 11) is 0. The molecule has 0 spiro atoms. The molecule has 114 valence electrons. The number of ether oxygens (including phenoxy) is 1. The van der Waals surface area contributed by atoms with Crippen LogP contribution in [0.2, 0.25) is 0 Å². The molecule has 0 aliphatic carbocycles. The Hall–Kier alpha value is -0.570. The van der Waals surface area contributed by atoms with E-state index in [1.54, 1.807) is 6.07 Å². The van der Waals surface area contributed by atoms with Crippen LogP contribution in [-0.4, -0.2) is 6.61 Å². The van der Waals surface area contributed by atoms with E-state index in [0.29, 0.717) is 5.33 Å². The Kier molecular flexibility index (Phi) is 9.73. The number of rotatable bonds is 11. The third-order valence-electron chi connectivity index (χ3n) is 3.42. The van der Waals surface area contributed by atoms with Crippen molar-refractivity contribution in [3.63, 3.8) is 0 Å². The summed E-state index contributed by atoms with van der Waals surface area (Å²) in [5.41, 5.74) is 0.879. The minimum atomic E-state index is -0.209. The van der Waals surface area contributed by atoms with Gasteiger partial charge in [-0.05, 0) is 24.6 Å². The van der Waals surface area contributed by atoms with Gasteiger partial charge in [-0.2, -0.15) is 0 Å². The molecule has 3 heteroatoms. The molecule has 0 radical (unpaired) electrons. The summed E-state index contributed by atoms with van der Waals surface area (Å²) in [4.78, 5) is 0. The van der Waals surface area contributed by atoms with E-state index in [1.165, 1.54) is 57.1 Å². The zero-order chi connectivity index (χ0) is 14.6. The first-order chi connectivity index (χ1) is 9.77. The maximum atomic E-state index is 13.1. The second-order valence-electron chi connectivity index (χ2n) is 5.21. The summed E-state index contributed by atoms with van der Waals surface area (Å²) in [5.74, 6) is 0.588. The molecule has 1 rings (SSSR count). The van der Waals surface area contributed by atoms with Crippen LogP contribution in [0, 0.1) is 5.82 Å². The molecule has 1 aromatic carbocycles. The molecule has 1 nitrogen and oxygen atoms in total. The average Bonchev–Trinajstić information content (AvgIpc) is 2.46. The standard InChI is InChI=1S/C17H26BrFO/c1-2-3-4-5-6-7-8-9-12-20-17-11-10-16(19)13-15(17)14-18/h10-11,13H,2-9,12,14H2,1H3. The molecule has 20 heavy (non-hydrogen) atoms. The Morgan fingerprint density at radius 3 is 2.30 bits per heavy atom. The highest BCUT2D eigenvalue weighted by Crippen LogP contribution is 2.22. The maximum absolute atomic E-state index is 13.1. The number of unbranched alkanes of at least 4 members (excludes halogenated alkanes) is 7. The second-order valence-corrected chi connectivity index (χ2v) is 5.77. The molecule has 0 N–H and O–H groups in total. The van der Waals surface area contributed by atoms with Gasteiger partial charge in [0.1, 0.15) is 11.6 Å². The number of alkyl halides is 1. The van der Waals surface area contributed by atoms with E-state index >= 15 is 0 Å². The van der Waals surface area contributed by atoms with E-state index in [2.05, 4.69) is 22.9 Å². The molecule has 0 unspecified atom stereocenters. The van der Waals surface area contributed by atoms with Gasteiger partial charge in [0, 0.05) is 10.9 Å². The Labute approximate surface area is 131 Å². The van der Waals surface area contributed by atoms with E-state index in [4.69, 9.17) is 4.74 Å². The number of hydrogen-bond donors (Lipinski definition) is 0. The summed E-state index contributed by atoms with van der Waals surface area (Å²) in [5, 5.41) is 0.623. The van der Waals surface area contributed by atoms with Crippen molar-refractivity contribution in [1.82, 2.24) is 0 Å². The monoisotopic (exact) mass is 344 g/mol. The highest BCUT2D eigenvalue weighted by molar-refractivity contribution is 9.08. The fraction of sp³-hybridized carbons (Fsp3) is 0.647. The molecular formula is C17H26BrFO. The summed E-state index contributed by atoms with van der Waals surface area (Å²) >= 11 is 3.36. The predicted molar refractivity (Wildman–Crippen MR) is 87.1 cm³/mol. The van der Waals surface area contributed by atoms with Crippen LogP contribution in [0.5, 0.6) is 5.75 Å². The van der Waals surface area contributed by atoms with Gasteiger partial charge in [0.15, 0.2) is 0 Å². The van der Waals surface area contributed by atoms with Crippen molar-refractivity contribution >= 4 is 15.9 Å². The zero-order valence-electron chi connectivity index (χ0n) is 12.5. The minimum Gasteiger partial charge on any atom is -0.493 e. The van der Waals surface area contributed by atoms with Gasteiger partial charge in [0.25, 0.3) is 0 Å². The van der Waals surface area contributed by atoms with Crippen LogP contribution < -0.4 is 4.74 Å². The van der Waals surface area contributed by atoms with Crippen LogP contribution in [-0.2, 0) is 5.33 Å². The summed E-state index contributed by atoms with van der Waals surface area (Å²) < 4.78 is 18.8. The largest absolute Gasteiger partial charge is 0.493 e. The summed E-state index contributed by atoms with van der Waals surface area (Å²) in [6.07, 6.45) is 10.3. The lowest BCUT2D eigenvalue weighted by atomic mass is 10.1.